The predicted octanol–water partition coefficient (Wildman–Crippen LogP) is 3.29. The SMILES string of the molecule is CC(C)SCc1noc(CC2(CC(=O)O)CCCC2)n1. The van der Waals surface area contributed by atoms with Gasteiger partial charge < -0.3 is 9.63 Å². The summed E-state index contributed by atoms with van der Waals surface area (Å²) in [6, 6.07) is 0. The Morgan fingerprint density at radius 3 is 2.75 bits per heavy atom. The highest BCUT2D eigenvalue weighted by Gasteiger charge is 2.37. The predicted molar refractivity (Wildman–Crippen MR) is 77.6 cm³/mol. The van der Waals surface area contributed by atoms with E-state index in [1.54, 1.807) is 11.8 Å². The van der Waals surface area contributed by atoms with Gasteiger partial charge in [-0.15, -0.1) is 0 Å². The summed E-state index contributed by atoms with van der Waals surface area (Å²) >= 11 is 1.77. The third-order valence-corrected chi connectivity index (χ3v) is 4.86. The van der Waals surface area contributed by atoms with E-state index >= 15 is 0 Å². The van der Waals surface area contributed by atoms with Gasteiger partial charge in [-0.25, -0.2) is 0 Å². The summed E-state index contributed by atoms with van der Waals surface area (Å²) in [5.74, 6) is 1.31. The molecule has 6 heteroatoms. The highest BCUT2D eigenvalue weighted by molar-refractivity contribution is 7.99. The average molecular weight is 298 g/mol. The molecule has 0 aromatic carbocycles. The molecule has 20 heavy (non-hydrogen) atoms. The van der Waals surface area contributed by atoms with Crippen molar-refractivity contribution < 1.29 is 14.4 Å². The van der Waals surface area contributed by atoms with Crippen LogP contribution in [0.4, 0.5) is 0 Å². The molecule has 0 radical (unpaired) electrons. The van der Waals surface area contributed by atoms with E-state index in [2.05, 4.69) is 24.0 Å². The van der Waals surface area contributed by atoms with Gasteiger partial charge in [0.05, 0.1) is 12.2 Å². The second-order valence-electron chi connectivity index (χ2n) is 5.92. The minimum atomic E-state index is -0.734. The molecule has 1 N–H and O–H groups in total. The smallest absolute Gasteiger partial charge is 0.303 e. The third-order valence-electron chi connectivity index (χ3n) is 3.77. The van der Waals surface area contributed by atoms with Crippen LogP contribution in [0.25, 0.3) is 0 Å². The lowest BCUT2D eigenvalue weighted by Gasteiger charge is -2.24. The molecule has 0 bridgehead atoms. The normalized spacial score (nSPS) is 17.8. The van der Waals surface area contributed by atoms with Crippen LogP contribution in [0.1, 0.15) is 57.7 Å². The molecule has 2 rings (SSSR count). The first kappa shape index (κ1) is 15.4. The van der Waals surface area contributed by atoms with Gasteiger partial charge in [-0.2, -0.15) is 16.7 Å². The Hall–Kier alpha value is -1.04. The van der Waals surface area contributed by atoms with E-state index in [9.17, 15) is 4.79 Å². The maximum Gasteiger partial charge on any atom is 0.303 e. The monoisotopic (exact) mass is 298 g/mol. The molecule has 1 aromatic rings. The number of thioether (sulfide) groups is 1. The lowest BCUT2D eigenvalue weighted by Crippen LogP contribution is -2.24. The van der Waals surface area contributed by atoms with Gasteiger partial charge >= 0.3 is 5.97 Å². The van der Waals surface area contributed by atoms with E-state index in [0.29, 0.717) is 23.4 Å². The van der Waals surface area contributed by atoms with Crippen LogP contribution in [0.2, 0.25) is 0 Å². The lowest BCUT2D eigenvalue weighted by atomic mass is 9.79. The Balaban J connectivity index is 1.98. The summed E-state index contributed by atoms with van der Waals surface area (Å²) in [5, 5.41) is 13.6. The second kappa shape index (κ2) is 6.61. The van der Waals surface area contributed by atoms with Crippen molar-refractivity contribution in [2.24, 2.45) is 5.41 Å². The van der Waals surface area contributed by atoms with Crippen LogP contribution in [0.5, 0.6) is 0 Å². The summed E-state index contributed by atoms with van der Waals surface area (Å²) in [7, 11) is 0. The molecule has 0 unspecified atom stereocenters. The van der Waals surface area contributed by atoms with Gasteiger partial charge in [-0.05, 0) is 23.5 Å². The molecule has 0 aliphatic heterocycles. The maximum absolute atomic E-state index is 11.1. The lowest BCUT2D eigenvalue weighted by molar-refractivity contribution is -0.139. The number of rotatable bonds is 7. The first-order valence-electron chi connectivity index (χ1n) is 7.14. The minimum Gasteiger partial charge on any atom is -0.481 e. The van der Waals surface area contributed by atoms with Gasteiger partial charge in [0.2, 0.25) is 5.89 Å². The molecule has 5 nitrogen and oxygen atoms in total. The Bertz CT molecular complexity index is 453. The molecule has 1 aromatic heterocycles. The number of carbonyl (C=O) groups is 1. The van der Waals surface area contributed by atoms with Gasteiger partial charge in [0.1, 0.15) is 0 Å². The van der Waals surface area contributed by atoms with Crippen molar-refractivity contribution in [3.63, 3.8) is 0 Å². The van der Waals surface area contributed by atoms with E-state index in [4.69, 9.17) is 9.63 Å². The standard InChI is InChI=1S/C14H22N2O3S/c1-10(2)20-9-11-15-12(19-16-11)7-14(8-13(17)18)5-3-4-6-14/h10H,3-9H2,1-2H3,(H,17,18). The molecule has 1 heterocycles. The van der Waals surface area contributed by atoms with Crippen molar-refractivity contribution in [3.8, 4) is 0 Å². The summed E-state index contributed by atoms with van der Waals surface area (Å²) in [6.07, 6.45) is 4.87. The number of hydrogen-bond acceptors (Lipinski definition) is 5. The highest BCUT2D eigenvalue weighted by Crippen LogP contribution is 2.43. The maximum atomic E-state index is 11.1. The largest absolute Gasteiger partial charge is 0.481 e. The summed E-state index contributed by atoms with van der Waals surface area (Å²) in [4.78, 5) is 15.5. The number of carboxylic acid groups (broad SMARTS) is 1. The zero-order chi connectivity index (χ0) is 14.6. The van der Waals surface area contributed by atoms with Crippen LogP contribution in [0.3, 0.4) is 0 Å². The first-order valence-corrected chi connectivity index (χ1v) is 8.19. The molecule has 0 amide bonds. The van der Waals surface area contributed by atoms with Gasteiger partial charge in [-0.3, -0.25) is 4.79 Å². The fourth-order valence-corrected chi connectivity index (χ4v) is 3.44. The van der Waals surface area contributed by atoms with E-state index in [-0.39, 0.29) is 11.8 Å². The van der Waals surface area contributed by atoms with Crippen molar-refractivity contribution >= 4 is 17.7 Å². The zero-order valence-corrected chi connectivity index (χ0v) is 12.9. The Labute approximate surface area is 123 Å². The molecular formula is C14H22N2O3S. The van der Waals surface area contributed by atoms with Crippen molar-refractivity contribution in [2.45, 2.75) is 63.4 Å². The first-order chi connectivity index (χ1) is 9.49. The molecule has 0 spiro atoms. The second-order valence-corrected chi connectivity index (χ2v) is 7.48. The van der Waals surface area contributed by atoms with Gasteiger partial charge in [-0.1, -0.05) is 31.8 Å². The fourth-order valence-electron chi connectivity index (χ4n) is 2.84. The quantitative estimate of drug-likeness (QED) is 0.832. The fraction of sp³-hybridized carbons (Fsp3) is 0.786. The molecule has 1 saturated carbocycles. The van der Waals surface area contributed by atoms with Crippen molar-refractivity contribution in [1.29, 1.82) is 0 Å². The van der Waals surface area contributed by atoms with Crippen LogP contribution in [-0.2, 0) is 17.0 Å². The third kappa shape index (κ3) is 4.23. The number of aromatic nitrogens is 2. The van der Waals surface area contributed by atoms with Crippen LogP contribution in [-0.4, -0.2) is 26.5 Å². The van der Waals surface area contributed by atoms with E-state index < -0.39 is 5.97 Å². The Morgan fingerprint density at radius 1 is 1.45 bits per heavy atom. The van der Waals surface area contributed by atoms with E-state index in [0.717, 1.165) is 31.4 Å². The van der Waals surface area contributed by atoms with Crippen LogP contribution in [0.15, 0.2) is 4.52 Å². The van der Waals surface area contributed by atoms with Gasteiger partial charge in [0, 0.05) is 6.42 Å². The zero-order valence-electron chi connectivity index (χ0n) is 12.1. The molecule has 0 saturated heterocycles. The van der Waals surface area contributed by atoms with E-state index in [1.807, 2.05) is 0 Å². The van der Waals surface area contributed by atoms with Crippen LogP contribution >= 0.6 is 11.8 Å². The topological polar surface area (TPSA) is 76.2 Å². The van der Waals surface area contributed by atoms with Crippen molar-refractivity contribution in [2.75, 3.05) is 0 Å². The van der Waals surface area contributed by atoms with Crippen LogP contribution in [0, 0.1) is 5.41 Å². The van der Waals surface area contributed by atoms with Gasteiger partial charge in [0.25, 0.3) is 0 Å². The molecule has 112 valence electrons. The number of carboxylic acids is 1. The molecule has 1 fully saturated rings. The van der Waals surface area contributed by atoms with Gasteiger partial charge in [0.15, 0.2) is 5.82 Å². The van der Waals surface area contributed by atoms with Crippen molar-refractivity contribution in [3.05, 3.63) is 11.7 Å². The molecule has 0 atom stereocenters. The average Bonchev–Trinajstić information content (AvgIpc) is 2.96. The van der Waals surface area contributed by atoms with Crippen molar-refractivity contribution in [1.82, 2.24) is 10.1 Å². The Morgan fingerprint density at radius 2 is 2.15 bits per heavy atom. The highest BCUT2D eigenvalue weighted by atomic mass is 32.2. The number of hydrogen-bond donors (Lipinski definition) is 1. The summed E-state index contributed by atoms with van der Waals surface area (Å²) in [6.45, 7) is 4.26. The summed E-state index contributed by atoms with van der Waals surface area (Å²) < 4.78 is 5.30. The Kier molecular flexibility index (Phi) is 5.07. The molecule has 1 aliphatic rings. The molecule has 1 aliphatic carbocycles. The molecular weight excluding hydrogens is 276 g/mol. The van der Waals surface area contributed by atoms with E-state index in [1.165, 1.54) is 0 Å². The summed E-state index contributed by atoms with van der Waals surface area (Å²) in [5.41, 5.74) is -0.180. The number of nitrogens with zero attached hydrogens (tertiary/aromatic N) is 2. The van der Waals surface area contributed by atoms with Crippen LogP contribution < -0.4 is 0 Å². The number of aliphatic carboxylic acids is 1. The minimum absolute atomic E-state index is 0.180.